The number of aromatic hydroxyl groups is 1. The zero-order valence-corrected chi connectivity index (χ0v) is 15.7. The predicted octanol–water partition coefficient (Wildman–Crippen LogP) is 4.60. The second kappa shape index (κ2) is 7.23. The Hall–Kier alpha value is -1.41. The Morgan fingerprint density at radius 2 is 2.09 bits per heavy atom. The van der Waals surface area contributed by atoms with Crippen LogP contribution in [0.2, 0.25) is 0 Å². The maximum absolute atomic E-state index is 11.6. The Morgan fingerprint density at radius 1 is 1.36 bits per heavy atom. The summed E-state index contributed by atoms with van der Waals surface area (Å²) in [4.78, 5) is 16.0. The van der Waals surface area contributed by atoms with Crippen LogP contribution in [0, 0.1) is 10.5 Å². The molecule has 0 saturated heterocycles. The number of nitrogens with zero attached hydrogens (tertiary/aromatic N) is 1. The van der Waals surface area contributed by atoms with Crippen molar-refractivity contribution in [2.24, 2.45) is 4.99 Å². The summed E-state index contributed by atoms with van der Waals surface area (Å²) in [5.74, 6) is -0.231. The molecule has 0 unspecified atom stereocenters. The minimum atomic E-state index is -0.406. The van der Waals surface area contributed by atoms with E-state index in [4.69, 9.17) is 4.74 Å². The number of phenols is 1. The molecule has 2 aromatic carbocycles. The molecular formula is C16H13BrINO3. The van der Waals surface area contributed by atoms with Gasteiger partial charge in [-0.05, 0) is 59.3 Å². The van der Waals surface area contributed by atoms with Crippen LogP contribution in [-0.4, -0.2) is 24.4 Å². The third-order valence-corrected chi connectivity index (χ3v) is 4.31. The normalized spacial score (nSPS) is 10.9. The standard InChI is InChI=1S/C16H13BrINO3/c1-9-3-4-10(16(21)22-2)6-14(9)19-8-11-5-12(17)7-13(18)15(11)20/h3-8,20H,1-2H3. The van der Waals surface area contributed by atoms with Gasteiger partial charge in [0, 0.05) is 16.3 Å². The predicted molar refractivity (Wildman–Crippen MR) is 98.3 cm³/mol. The van der Waals surface area contributed by atoms with Crippen LogP contribution >= 0.6 is 38.5 Å². The number of carbonyl (C=O) groups is 1. The number of aryl methyl sites for hydroxylation is 1. The molecule has 0 aliphatic rings. The number of carbonyl (C=O) groups excluding carboxylic acids is 1. The Bertz CT molecular complexity index is 759. The summed E-state index contributed by atoms with van der Waals surface area (Å²) in [6.07, 6.45) is 1.58. The zero-order valence-electron chi connectivity index (χ0n) is 11.9. The van der Waals surface area contributed by atoms with Gasteiger partial charge in [0.15, 0.2) is 0 Å². The van der Waals surface area contributed by atoms with Crippen LogP contribution in [0.1, 0.15) is 21.5 Å². The van der Waals surface area contributed by atoms with E-state index in [-0.39, 0.29) is 5.75 Å². The Labute approximate surface area is 150 Å². The molecule has 4 nitrogen and oxygen atoms in total. The fourth-order valence-electron chi connectivity index (χ4n) is 1.82. The lowest BCUT2D eigenvalue weighted by Gasteiger charge is -2.05. The van der Waals surface area contributed by atoms with Crippen molar-refractivity contribution in [1.82, 2.24) is 0 Å². The van der Waals surface area contributed by atoms with Crippen molar-refractivity contribution in [3.63, 3.8) is 0 Å². The van der Waals surface area contributed by atoms with Gasteiger partial charge in [-0.3, -0.25) is 4.99 Å². The van der Waals surface area contributed by atoms with Gasteiger partial charge in [-0.25, -0.2) is 4.79 Å². The van der Waals surface area contributed by atoms with E-state index >= 15 is 0 Å². The summed E-state index contributed by atoms with van der Waals surface area (Å²) in [6, 6.07) is 8.76. The van der Waals surface area contributed by atoms with Crippen LogP contribution in [0.3, 0.4) is 0 Å². The second-order valence-electron chi connectivity index (χ2n) is 4.58. The molecule has 0 saturated carbocycles. The van der Waals surface area contributed by atoms with E-state index in [1.54, 1.807) is 24.4 Å². The highest BCUT2D eigenvalue weighted by atomic mass is 127. The third-order valence-electron chi connectivity index (χ3n) is 3.03. The number of hydrogen-bond acceptors (Lipinski definition) is 4. The van der Waals surface area contributed by atoms with Crippen molar-refractivity contribution in [2.75, 3.05) is 7.11 Å². The fourth-order valence-corrected chi connectivity index (χ4v) is 3.37. The molecule has 0 aliphatic heterocycles. The first-order valence-corrected chi connectivity index (χ1v) is 8.20. The molecule has 6 heteroatoms. The number of hydrogen-bond donors (Lipinski definition) is 1. The van der Waals surface area contributed by atoms with E-state index in [9.17, 15) is 9.90 Å². The number of halogens is 2. The molecular weight excluding hydrogens is 461 g/mol. The molecule has 0 fully saturated rings. The van der Waals surface area contributed by atoms with Gasteiger partial charge in [-0.15, -0.1) is 0 Å². The molecule has 0 bridgehead atoms. The lowest BCUT2D eigenvalue weighted by Crippen LogP contribution is -2.00. The molecule has 1 N–H and O–H groups in total. The van der Waals surface area contributed by atoms with Gasteiger partial charge in [0.25, 0.3) is 0 Å². The Balaban J connectivity index is 2.40. The lowest BCUT2D eigenvalue weighted by atomic mass is 10.1. The van der Waals surface area contributed by atoms with Gasteiger partial charge in [0.2, 0.25) is 0 Å². The van der Waals surface area contributed by atoms with Crippen LogP contribution in [-0.2, 0) is 4.74 Å². The number of aliphatic imine (C=N–C) groups is 1. The topological polar surface area (TPSA) is 58.9 Å². The molecule has 0 atom stereocenters. The van der Waals surface area contributed by atoms with E-state index in [1.165, 1.54) is 7.11 Å². The SMILES string of the molecule is COC(=O)c1ccc(C)c(N=Cc2cc(Br)cc(I)c2O)c1. The van der Waals surface area contributed by atoms with Crippen molar-refractivity contribution in [2.45, 2.75) is 6.92 Å². The second-order valence-corrected chi connectivity index (χ2v) is 6.65. The summed E-state index contributed by atoms with van der Waals surface area (Å²) >= 11 is 5.44. The summed E-state index contributed by atoms with van der Waals surface area (Å²) in [6.45, 7) is 1.90. The number of phenolic OH excluding ortho intramolecular Hbond substituents is 1. The minimum absolute atomic E-state index is 0.175. The van der Waals surface area contributed by atoms with E-state index in [2.05, 4.69) is 43.5 Å². The number of benzene rings is 2. The summed E-state index contributed by atoms with van der Waals surface area (Å²) < 4.78 is 6.29. The fraction of sp³-hybridized carbons (Fsp3) is 0.125. The molecule has 0 heterocycles. The molecule has 0 aromatic heterocycles. The Kier molecular flexibility index (Phi) is 5.57. The maximum Gasteiger partial charge on any atom is 0.337 e. The van der Waals surface area contributed by atoms with E-state index in [0.29, 0.717) is 16.8 Å². The van der Waals surface area contributed by atoms with E-state index < -0.39 is 5.97 Å². The summed E-state index contributed by atoms with van der Waals surface area (Å²) in [5, 5.41) is 10.1. The van der Waals surface area contributed by atoms with Gasteiger partial charge >= 0.3 is 5.97 Å². The van der Waals surface area contributed by atoms with Gasteiger partial charge in [-0.1, -0.05) is 22.0 Å². The number of rotatable bonds is 3. The highest BCUT2D eigenvalue weighted by molar-refractivity contribution is 14.1. The van der Waals surface area contributed by atoms with Crippen molar-refractivity contribution < 1.29 is 14.6 Å². The van der Waals surface area contributed by atoms with Crippen molar-refractivity contribution in [3.05, 3.63) is 55.1 Å². The van der Waals surface area contributed by atoms with E-state index in [1.807, 2.05) is 19.1 Å². The smallest absolute Gasteiger partial charge is 0.337 e. The van der Waals surface area contributed by atoms with Gasteiger partial charge in [-0.2, -0.15) is 0 Å². The van der Waals surface area contributed by atoms with Crippen LogP contribution in [0.15, 0.2) is 39.8 Å². The number of ether oxygens (including phenoxy) is 1. The molecule has 0 amide bonds. The largest absolute Gasteiger partial charge is 0.506 e. The first-order chi connectivity index (χ1) is 10.4. The average molecular weight is 474 g/mol. The summed E-state index contributed by atoms with van der Waals surface area (Å²) in [5.41, 5.74) is 2.61. The molecule has 0 aliphatic carbocycles. The van der Waals surface area contributed by atoms with Crippen LogP contribution < -0.4 is 0 Å². The van der Waals surface area contributed by atoms with Gasteiger partial charge in [0.1, 0.15) is 5.75 Å². The van der Waals surface area contributed by atoms with Crippen molar-refractivity contribution >= 4 is 56.4 Å². The van der Waals surface area contributed by atoms with Gasteiger partial charge < -0.3 is 9.84 Å². The zero-order chi connectivity index (χ0) is 16.3. The molecule has 22 heavy (non-hydrogen) atoms. The monoisotopic (exact) mass is 473 g/mol. The summed E-state index contributed by atoms with van der Waals surface area (Å²) in [7, 11) is 1.34. The third kappa shape index (κ3) is 3.86. The maximum atomic E-state index is 11.6. The quantitative estimate of drug-likeness (QED) is 0.402. The molecule has 0 radical (unpaired) electrons. The number of esters is 1. The van der Waals surface area contributed by atoms with Gasteiger partial charge in [0.05, 0.1) is 21.9 Å². The first-order valence-electron chi connectivity index (χ1n) is 6.33. The lowest BCUT2D eigenvalue weighted by molar-refractivity contribution is 0.0601. The van der Waals surface area contributed by atoms with Crippen LogP contribution in [0.25, 0.3) is 0 Å². The highest BCUT2D eigenvalue weighted by Gasteiger charge is 2.08. The number of methoxy groups -OCH3 is 1. The minimum Gasteiger partial charge on any atom is -0.506 e. The van der Waals surface area contributed by atoms with Crippen molar-refractivity contribution in [3.8, 4) is 5.75 Å². The van der Waals surface area contributed by atoms with Crippen molar-refractivity contribution in [1.29, 1.82) is 0 Å². The molecule has 0 spiro atoms. The van der Waals surface area contributed by atoms with E-state index in [0.717, 1.165) is 13.6 Å². The Morgan fingerprint density at radius 3 is 2.77 bits per heavy atom. The highest BCUT2D eigenvalue weighted by Crippen LogP contribution is 2.28. The molecule has 2 aromatic rings. The van der Waals surface area contributed by atoms with Crippen LogP contribution in [0.5, 0.6) is 5.75 Å². The first kappa shape index (κ1) is 17.0. The molecule has 114 valence electrons. The van der Waals surface area contributed by atoms with Crippen LogP contribution in [0.4, 0.5) is 5.69 Å². The molecule has 2 rings (SSSR count). The average Bonchev–Trinajstić information content (AvgIpc) is 2.50.